The van der Waals surface area contributed by atoms with Gasteiger partial charge in [0.2, 0.25) is 65.0 Å². The van der Waals surface area contributed by atoms with E-state index < -0.39 is 144 Å². The first kappa shape index (κ1) is 78.8. The van der Waals surface area contributed by atoms with Crippen molar-refractivity contribution in [1.82, 2.24) is 50.2 Å². The second kappa shape index (κ2) is 36.1. The molecule has 0 radical (unpaired) electrons. The molecule has 0 aromatic heterocycles. The lowest BCUT2D eigenvalue weighted by Crippen LogP contribution is -2.63. The Hall–Kier alpha value is -6.17. The number of hydrogen-bond donors (Lipinski definition) is 6. The quantitative estimate of drug-likeness (QED) is 0.0497. The molecule has 488 valence electrons. The van der Waals surface area contributed by atoms with Crippen molar-refractivity contribution < 1.29 is 63.0 Å². The minimum atomic E-state index is -1.63. The van der Waals surface area contributed by atoms with Crippen molar-refractivity contribution in [3.8, 4) is 0 Å². The van der Waals surface area contributed by atoms with Crippen LogP contribution in [0, 0.1) is 41.4 Å². The molecule has 0 spiro atoms. The number of nitrogens with one attached hydrogen (secondary N) is 3. The van der Waals surface area contributed by atoms with E-state index >= 15 is 9.59 Å². The first-order valence-corrected chi connectivity index (χ1v) is 30.1. The van der Waals surface area contributed by atoms with Crippen LogP contribution in [0.3, 0.4) is 0 Å². The number of rotatable bonds is 35. The summed E-state index contributed by atoms with van der Waals surface area (Å²) in [6, 6.07) is -11.0. The Morgan fingerprint density at radius 2 is 0.941 bits per heavy atom. The standard InChI is InChI=1S/C61H111N11O13/c1-25-27-28-38(13)51(75)50(55(79)64-43(26-2)58(82)66(18)32-47(74)70(22)49(42(17)73)52(62)76)72(24)61(85)48(37(11)12)71(23)60(84)46(31-35(7)8)69(21)59(83)45(30-34(5)6)68(20)57(81)40(15)63-54(78)44(29-33(3)4)65-53(77)41(16)67(19)56(80)39(14)36(9)10/h25,27,33-46,48-51,73,75H,26,28-32H2,1-24H3,(H2,62,76)(H,63,78)(H,64,79)(H,65,77)/b27-25+/t38-,39+,40+,41+,42+,43-,44?,45-,46-,48-,49?,50?,51+/m1/s1. The van der Waals surface area contributed by atoms with Crippen molar-refractivity contribution >= 4 is 65.0 Å². The predicted octanol–water partition coefficient (Wildman–Crippen LogP) is 2.23. The van der Waals surface area contributed by atoms with Gasteiger partial charge >= 0.3 is 0 Å². The first-order valence-electron chi connectivity index (χ1n) is 30.1. The third-order valence-corrected chi connectivity index (χ3v) is 16.0. The highest BCUT2D eigenvalue weighted by atomic mass is 16.3. The average Bonchev–Trinajstić information content (AvgIpc) is 2.48. The minimum Gasteiger partial charge on any atom is -0.391 e. The molecular weight excluding hydrogens is 1090 g/mol. The number of allylic oxidation sites excluding steroid dienone is 2. The average molecular weight is 1210 g/mol. The topological polar surface area (TPSA) is 313 Å². The molecule has 0 heterocycles. The number of primary amides is 1. The van der Waals surface area contributed by atoms with Gasteiger partial charge in [-0.05, 0) is 95.3 Å². The SMILES string of the molecule is C/C=C/C[C@@H](C)[C@H](O)C(C(=O)N[C@H](CC)C(=O)N(C)CC(=O)N(C)C(C(N)=O)[C@H](C)O)N(C)C(=O)[C@@H](C(C)C)N(C)C(=O)[C@@H](CC(C)C)N(C)C(=O)[C@@H](CC(C)C)N(C)C(=O)[C@H](C)NC(=O)C(CC(C)C)NC(=O)[C@H](C)N(C)C(=O)[C@@H](C)C(C)C. The van der Waals surface area contributed by atoms with Gasteiger partial charge in [-0.25, -0.2) is 0 Å². The van der Waals surface area contributed by atoms with Crippen molar-refractivity contribution in [3.05, 3.63) is 12.2 Å². The van der Waals surface area contributed by atoms with E-state index in [1.807, 2.05) is 55.4 Å². The van der Waals surface area contributed by atoms with Crippen LogP contribution in [0.25, 0.3) is 0 Å². The van der Waals surface area contributed by atoms with Crippen molar-refractivity contribution in [2.24, 2.45) is 47.2 Å². The Morgan fingerprint density at radius 1 is 0.482 bits per heavy atom. The fourth-order valence-corrected chi connectivity index (χ4v) is 10.1. The number of likely N-dealkylation sites (N-methyl/N-ethyl adjacent to an activating group) is 7. The molecule has 0 saturated carbocycles. The number of carbonyl (C=O) groups excluding carboxylic acids is 11. The van der Waals surface area contributed by atoms with E-state index in [2.05, 4.69) is 16.0 Å². The van der Waals surface area contributed by atoms with Crippen LogP contribution in [-0.2, 0) is 52.7 Å². The molecule has 0 aliphatic rings. The minimum absolute atomic E-state index is 0.0135. The van der Waals surface area contributed by atoms with E-state index in [1.165, 1.54) is 82.8 Å². The number of amides is 11. The normalized spacial score (nSPS) is 16.4. The highest BCUT2D eigenvalue weighted by molar-refractivity contribution is 5.99. The van der Waals surface area contributed by atoms with E-state index in [-0.39, 0.29) is 61.2 Å². The molecule has 0 aliphatic heterocycles. The number of nitrogens with two attached hydrogens (primary N) is 1. The molecule has 0 bridgehead atoms. The summed E-state index contributed by atoms with van der Waals surface area (Å²) in [5.41, 5.74) is 5.42. The molecule has 0 aromatic carbocycles. The highest BCUT2D eigenvalue weighted by Gasteiger charge is 2.45. The summed E-state index contributed by atoms with van der Waals surface area (Å²) in [4.78, 5) is 162. The van der Waals surface area contributed by atoms with Crippen LogP contribution in [0.5, 0.6) is 0 Å². The van der Waals surface area contributed by atoms with Crippen molar-refractivity contribution in [1.29, 1.82) is 0 Å². The zero-order valence-electron chi connectivity index (χ0n) is 55.9. The van der Waals surface area contributed by atoms with Gasteiger partial charge in [-0.3, -0.25) is 52.7 Å². The van der Waals surface area contributed by atoms with Gasteiger partial charge in [-0.15, -0.1) is 0 Å². The molecule has 7 N–H and O–H groups in total. The van der Waals surface area contributed by atoms with Crippen molar-refractivity contribution in [2.75, 3.05) is 55.9 Å². The summed E-state index contributed by atoms with van der Waals surface area (Å²) in [5, 5.41) is 30.3. The second-order valence-electron chi connectivity index (χ2n) is 25.3. The molecule has 0 aliphatic carbocycles. The lowest BCUT2D eigenvalue weighted by molar-refractivity contribution is -0.157. The van der Waals surface area contributed by atoms with Crippen LogP contribution in [0.4, 0.5) is 0 Å². The molecule has 3 unspecified atom stereocenters. The van der Waals surface area contributed by atoms with E-state index in [4.69, 9.17) is 5.73 Å². The monoisotopic (exact) mass is 1210 g/mol. The van der Waals surface area contributed by atoms with Gasteiger partial charge in [-0.2, -0.15) is 0 Å². The molecule has 24 heteroatoms. The summed E-state index contributed by atoms with van der Waals surface area (Å²) in [6.45, 7) is 29.1. The van der Waals surface area contributed by atoms with Crippen molar-refractivity contribution in [3.63, 3.8) is 0 Å². The van der Waals surface area contributed by atoms with E-state index in [1.54, 1.807) is 60.6 Å². The summed E-state index contributed by atoms with van der Waals surface area (Å²) in [7, 11) is 9.75. The second-order valence-corrected chi connectivity index (χ2v) is 25.3. The zero-order valence-corrected chi connectivity index (χ0v) is 55.9. The number of aliphatic hydroxyl groups is 2. The van der Waals surface area contributed by atoms with Crippen LogP contribution in [0.1, 0.15) is 150 Å². The van der Waals surface area contributed by atoms with Gasteiger partial charge < -0.3 is 66.2 Å². The molecule has 0 saturated heterocycles. The Labute approximate surface area is 508 Å². The number of carbonyl (C=O) groups is 11. The van der Waals surface area contributed by atoms with Crippen LogP contribution in [0.2, 0.25) is 0 Å². The third kappa shape index (κ3) is 22.9. The molecule has 0 aromatic rings. The Kier molecular flexibility index (Phi) is 33.5. The Morgan fingerprint density at radius 3 is 1.36 bits per heavy atom. The molecule has 0 rings (SSSR count). The maximum atomic E-state index is 15.1. The maximum absolute atomic E-state index is 15.1. The first-order chi connectivity index (χ1) is 39.1. The summed E-state index contributed by atoms with van der Waals surface area (Å²) < 4.78 is 0. The lowest BCUT2D eigenvalue weighted by Gasteiger charge is -2.41. The van der Waals surface area contributed by atoms with Crippen LogP contribution in [-0.4, -0.2) is 232 Å². The lowest BCUT2D eigenvalue weighted by atomic mass is 9.91. The fourth-order valence-electron chi connectivity index (χ4n) is 10.1. The van der Waals surface area contributed by atoms with Gasteiger partial charge in [0.15, 0.2) is 0 Å². The number of hydrogen-bond acceptors (Lipinski definition) is 13. The predicted molar refractivity (Wildman–Crippen MR) is 327 cm³/mol. The fraction of sp³-hybridized carbons (Fsp3) is 0.787. The van der Waals surface area contributed by atoms with E-state index in [0.717, 1.165) is 14.7 Å². The van der Waals surface area contributed by atoms with Crippen LogP contribution in [0.15, 0.2) is 12.2 Å². The molecular formula is C61H111N11O13. The Balaban J connectivity index is 7.14. The summed E-state index contributed by atoms with van der Waals surface area (Å²) in [5.74, 6) is -9.21. The summed E-state index contributed by atoms with van der Waals surface area (Å²) >= 11 is 0. The van der Waals surface area contributed by atoms with Gasteiger partial charge in [0.25, 0.3) is 0 Å². The van der Waals surface area contributed by atoms with Gasteiger partial charge in [0.05, 0.1) is 18.8 Å². The third-order valence-electron chi connectivity index (χ3n) is 16.0. The zero-order chi connectivity index (χ0) is 66.6. The van der Waals surface area contributed by atoms with E-state index in [9.17, 15) is 53.4 Å². The van der Waals surface area contributed by atoms with Crippen LogP contribution < -0.4 is 21.7 Å². The molecule has 85 heavy (non-hydrogen) atoms. The summed E-state index contributed by atoms with van der Waals surface area (Å²) in [6.07, 6.45) is 1.54. The number of nitrogens with zero attached hydrogens (tertiary/aromatic N) is 7. The molecule has 13 atom stereocenters. The van der Waals surface area contributed by atoms with E-state index in [0.29, 0.717) is 6.42 Å². The van der Waals surface area contributed by atoms with Gasteiger partial charge in [-0.1, -0.05) is 102 Å². The largest absolute Gasteiger partial charge is 0.391 e. The van der Waals surface area contributed by atoms with Crippen LogP contribution >= 0.6 is 0 Å². The van der Waals surface area contributed by atoms with Gasteiger partial charge in [0, 0.05) is 55.3 Å². The van der Waals surface area contributed by atoms with Gasteiger partial charge in [0.1, 0.15) is 54.4 Å². The maximum Gasteiger partial charge on any atom is 0.246 e. The smallest absolute Gasteiger partial charge is 0.246 e. The molecule has 0 fully saturated rings. The molecule has 24 nitrogen and oxygen atoms in total. The van der Waals surface area contributed by atoms with Crippen molar-refractivity contribution in [2.45, 2.75) is 216 Å². The highest BCUT2D eigenvalue weighted by Crippen LogP contribution is 2.25. The molecule has 11 amide bonds. The Bertz CT molecular complexity index is 2290. The number of aliphatic hydroxyl groups excluding tert-OH is 2.